The molecule has 2 N–H and O–H groups in total. The van der Waals surface area contributed by atoms with E-state index in [1.807, 2.05) is 4.83 Å². The van der Waals surface area contributed by atoms with E-state index >= 15 is 0 Å². The lowest BCUT2D eigenvalue weighted by Gasteiger charge is -2.11. The van der Waals surface area contributed by atoms with Gasteiger partial charge < -0.3 is 13.9 Å². The van der Waals surface area contributed by atoms with E-state index in [0.717, 1.165) is 0 Å². The quantitative estimate of drug-likeness (QED) is 0.605. The van der Waals surface area contributed by atoms with E-state index in [4.69, 9.17) is 25.5 Å². The SMILES string of the molecule is COc1ccc(Cl)cc1S(=O)(=O)NNC(=O)c1cc2cccc(OC)c2o1. The minimum atomic E-state index is -4.13. The molecule has 0 aliphatic rings. The molecule has 1 amide bonds. The zero-order valence-electron chi connectivity index (χ0n) is 14.3. The van der Waals surface area contributed by atoms with Crippen LogP contribution in [-0.4, -0.2) is 28.5 Å². The van der Waals surface area contributed by atoms with Gasteiger partial charge in [0.15, 0.2) is 17.1 Å². The topological polar surface area (TPSA) is 107 Å². The predicted octanol–water partition coefficient (Wildman–Crippen LogP) is 2.73. The third-order valence-corrected chi connectivity index (χ3v) is 5.17. The van der Waals surface area contributed by atoms with E-state index in [2.05, 4.69) is 5.43 Å². The summed E-state index contributed by atoms with van der Waals surface area (Å²) in [7, 11) is -1.33. The molecule has 0 aliphatic heterocycles. The van der Waals surface area contributed by atoms with Crippen molar-refractivity contribution in [3.8, 4) is 11.5 Å². The molecule has 0 bridgehead atoms. The average Bonchev–Trinajstić information content (AvgIpc) is 3.10. The number of para-hydroxylation sites is 1. The Bertz CT molecular complexity index is 1110. The van der Waals surface area contributed by atoms with Gasteiger partial charge in [0.05, 0.1) is 14.2 Å². The number of methoxy groups -OCH3 is 2. The van der Waals surface area contributed by atoms with E-state index in [-0.39, 0.29) is 21.4 Å². The normalized spacial score (nSPS) is 11.4. The van der Waals surface area contributed by atoms with Crippen LogP contribution in [0.5, 0.6) is 11.5 Å². The van der Waals surface area contributed by atoms with Gasteiger partial charge in [-0.15, -0.1) is 4.83 Å². The first-order chi connectivity index (χ1) is 12.9. The number of amides is 1. The number of hydrogen-bond acceptors (Lipinski definition) is 6. The third-order valence-electron chi connectivity index (χ3n) is 3.67. The molecule has 0 atom stereocenters. The Labute approximate surface area is 160 Å². The Morgan fingerprint density at radius 2 is 1.81 bits per heavy atom. The predicted molar refractivity (Wildman–Crippen MR) is 98.6 cm³/mol. The minimum Gasteiger partial charge on any atom is -0.495 e. The molecule has 0 spiro atoms. The van der Waals surface area contributed by atoms with E-state index in [9.17, 15) is 13.2 Å². The molecule has 8 nitrogen and oxygen atoms in total. The van der Waals surface area contributed by atoms with E-state index < -0.39 is 15.9 Å². The molecule has 0 aliphatic carbocycles. The fourth-order valence-electron chi connectivity index (χ4n) is 2.40. The molecule has 10 heteroatoms. The molecule has 0 unspecified atom stereocenters. The van der Waals surface area contributed by atoms with Crippen molar-refractivity contribution in [1.29, 1.82) is 0 Å². The molecule has 27 heavy (non-hydrogen) atoms. The molecule has 0 radical (unpaired) electrons. The number of halogens is 1. The number of sulfonamides is 1. The summed E-state index contributed by atoms with van der Waals surface area (Å²) in [6.07, 6.45) is 0. The number of hydrazine groups is 1. The Balaban J connectivity index is 1.82. The van der Waals surface area contributed by atoms with Gasteiger partial charge >= 0.3 is 5.91 Å². The van der Waals surface area contributed by atoms with Crippen LogP contribution < -0.4 is 19.7 Å². The summed E-state index contributed by atoms with van der Waals surface area (Å²) < 4.78 is 40.6. The lowest BCUT2D eigenvalue weighted by molar-refractivity contribution is 0.0919. The van der Waals surface area contributed by atoms with Crippen LogP contribution in [0, 0.1) is 0 Å². The fraction of sp³-hybridized carbons (Fsp3) is 0.118. The van der Waals surface area contributed by atoms with Gasteiger partial charge in [-0.3, -0.25) is 10.2 Å². The lowest BCUT2D eigenvalue weighted by atomic mass is 10.2. The van der Waals surface area contributed by atoms with Crippen molar-refractivity contribution in [1.82, 2.24) is 10.3 Å². The molecule has 0 saturated carbocycles. The van der Waals surface area contributed by atoms with E-state index in [1.54, 1.807) is 18.2 Å². The fourth-order valence-corrected chi connectivity index (χ4v) is 3.67. The van der Waals surface area contributed by atoms with Gasteiger partial charge in [-0.05, 0) is 30.3 Å². The van der Waals surface area contributed by atoms with Gasteiger partial charge in [-0.25, -0.2) is 8.42 Å². The molecule has 142 valence electrons. The summed E-state index contributed by atoms with van der Waals surface area (Å²) in [6.45, 7) is 0. The Morgan fingerprint density at radius 3 is 2.52 bits per heavy atom. The van der Waals surface area contributed by atoms with Crippen LogP contribution in [-0.2, 0) is 10.0 Å². The lowest BCUT2D eigenvalue weighted by Crippen LogP contribution is -2.41. The number of fused-ring (bicyclic) bond motifs is 1. The van der Waals surface area contributed by atoms with Gasteiger partial charge in [0.1, 0.15) is 10.6 Å². The van der Waals surface area contributed by atoms with Crippen LogP contribution >= 0.6 is 11.6 Å². The maximum absolute atomic E-state index is 12.5. The summed E-state index contributed by atoms with van der Waals surface area (Å²) in [5.41, 5.74) is 2.48. The van der Waals surface area contributed by atoms with Gasteiger partial charge in [0.2, 0.25) is 0 Å². The zero-order chi connectivity index (χ0) is 19.6. The smallest absolute Gasteiger partial charge is 0.301 e. The van der Waals surface area contributed by atoms with Gasteiger partial charge in [-0.1, -0.05) is 23.7 Å². The molecule has 1 aromatic heterocycles. The number of ether oxygens (including phenoxy) is 2. The highest BCUT2D eigenvalue weighted by atomic mass is 35.5. The summed E-state index contributed by atoms with van der Waals surface area (Å²) >= 11 is 5.85. The van der Waals surface area contributed by atoms with Crippen molar-refractivity contribution in [3.63, 3.8) is 0 Å². The van der Waals surface area contributed by atoms with Crippen LogP contribution in [0.3, 0.4) is 0 Å². The van der Waals surface area contributed by atoms with Crippen LogP contribution in [0.4, 0.5) is 0 Å². The molecule has 0 fully saturated rings. The second-order valence-corrected chi connectivity index (χ2v) is 7.43. The number of nitrogens with one attached hydrogen (secondary N) is 2. The van der Waals surface area contributed by atoms with Crippen molar-refractivity contribution >= 4 is 38.5 Å². The van der Waals surface area contributed by atoms with E-state index in [1.165, 1.54) is 38.5 Å². The average molecular weight is 411 g/mol. The molecular formula is C17H15ClN2O6S. The standard InChI is InChI=1S/C17H15ClN2O6S/c1-24-12-7-6-11(18)9-15(12)27(22,23)20-19-17(21)14-8-10-4-3-5-13(25-2)16(10)26-14/h3-9,20H,1-2H3,(H,19,21). The summed E-state index contributed by atoms with van der Waals surface area (Å²) in [5, 5.41) is 0.839. The first-order valence-corrected chi connectivity index (χ1v) is 9.44. The van der Waals surface area contributed by atoms with Crippen molar-refractivity contribution in [3.05, 3.63) is 53.2 Å². The Hall–Kier alpha value is -2.75. The monoisotopic (exact) mass is 410 g/mol. The first kappa shape index (κ1) is 19.0. The number of rotatable bonds is 6. The number of carbonyl (C=O) groups excluding carboxylic acids is 1. The number of furan rings is 1. The maximum atomic E-state index is 12.5. The van der Waals surface area contributed by atoms with Crippen LogP contribution in [0.15, 0.2) is 51.8 Å². The number of benzene rings is 2. The second kappa shape index (κ2) is 7.47. The number of hydrogen-bond donors (Lipinski definition) is 2. The molecule has 3 rings (SSSR count). The molecular weight excluding hydrogens is 396 g/mol. The maximum Gasteiger partial charge on any atom is 0.301 e. The molecule has 0 saturated heterocycles. The third kappa shape index (κ3) is 3.85. The molecule has 2 aromatic carbocycles. The zero-order valence-corrected chi connectivity index (χ0v) is 15.8. The van der Waals surface area contributed by atoms with E-state index in [0.29, 0.717) is 16.7 Å². The first-order valence-electron chi connectivity index (χ1n) is 7.58. The van der Waals surface area contributed by atoms with Crippen LogP contribution in [0.2, 0.25) is 5.02 Å². The van der Waals surface area contributed by atoms with Crippen molar-refractivity contribution < 1.29 is 27.1 Å². The van der Waals surface area contributed by atoms with Crippen molar-refractivity contribution in [2.75, 3.05) is 14.2 Å². The molecule has 1 heterocycles. The highest BCUT2D eigenvalue weighted by Crippen LogP contribution is 2.29. The van der Waals surface area contributed by atoms with Gasteiger partial charge in [0.25, 0.3) is 10.0 Å². The summed E-state index contributed by atoms with van der Waals surface area (Å²) in [4.78, 5) is 14.1. The highest BCUT2D eigenvalue weighted by molar-refractivity contribution is 7.89. The Kier molecular flexibility index (Phi) is 5.26. The van der Waals surface area contributed by atoms with Gasteiger partial charge in [-0.2, -0.15) is 0 Å². The highest BCUT2D eigenvalue weighted by Gasteiger charge is 2.22. The largest absolute Gasteiger partial charge is 0.495 e. The molecule has 3 aromatic rings. The van der Waals surface area contributed by atoms with Crippen LogP contribution in [0.25, 0.3) is 11.0 Å². The van der Waals surface area contributed by atoms with Crippen molar-refractivity contribution in [2.24, 2.45) is 0 Å². The van der Waals surface area contributed by atoms with Crippen molar-refractivity contribution in [2.45, 2.75) is 4.90 Å². The van der Waals surface area contributed by atoms with Crippen LogP contribution in [0.1, 0.15) is 10.6 Å². The Morgan fingerprint density at radius 1 is 1.07 bits per heavy atom. The second-order valence-electron chi connectivity index (χ2n) is 5.34. The minimum absolute atomic E-state index is 0.0784. The summed E-state index contributed by atoms with van der Waals surface area (Å²) in [5.74, 6) is -0.335. The van der Waals surface area contributed by atoms with Gasteiger partial charge in [0, 0.05) is 10.4 Å². The number of carbonyl (C=O) groups is 1. The summed E-state index contributed by atoms with van der Waals surface area (Å²) in [6, 6.07) is 10.7.